The lowest BCUT2D eigenvalue weighted by atomic mass is 10.2. The van der Waals surface area contributed by atoms with Crippen LogP contribution in [0.1, 0.15) is 5.56 Å². The number of sulfonamides is 1. The van der Waals surface area contributed by atoms with Gasteiger partial charge in [0, 0.05) is 17.0 Å². The van der Waals surface area contributed by atoms with Gasteiger partial charge >= 0.3 is 0 Å². The molecule has 0 atom stereocenters. The van der Waals surface area contributed by atoms with Gasteiger partial charge in [0.1, 0.15) is 0 Å². The quantitative estimate of drug-likeness (QED) is 0.507. The highest BCUT2D eigenvalue weighted by Crippen LogP contribution is 2.19. The molecule has 2 rings (SSSR count). The summed E-state index contributed by atoms with van der Waals surface area (Å²) >= 11 is 7.07. The van der Waals surface area contributed by atoms with Crippen LogP contribution in [0.3, 0.4) is 0 Å². The highest BCUT2D eigenvalue weighted by Gasteiger charge is 2.22. The van der Waals surface area contributed by atoms with E-state index >= 15 is 0 Å². The van der Waals surface area contributed by atoms with Gasteiger partial charge in [0.25, 0.3) is 5.91 Å². The van der Waals surface area contributed by atoms with Gasteiger partial charge in [0.05, 0.1) is 17.2 Å². The van der Waals surface area contributed by atoms with Crippen molar-refractivity contribution in [1.82, 2.24) is 15.2 Å². The number of aryl methyl sites for hydroxylation is 1. The Morgan fingerprint density at radius 1 is 1.00 bits per heavy atom. The maximum atomic E-state index is 12.4. The first-order chi connectivity index (χ1) is 13.2. The zero-order chi connectivity index (χ0) is 20.7. The third-order valence-corrected chi connectivity index (χ3v) is 6.70. The lowest BCUT2D eigenvalue weighted by Crippen LogP contribution is -2.47. The van der Waals surface area contributed by atoms with Gasteiger partial charge in [0.2, 0.25) is 15.9 Å². The van der Waals surface area contributed by atoms with E-state index in [2.05, 4.69) is 10.9 Å². The second-order valence-electron chi connectivity index (χ2n) is 5.91. The van der Waals surface area contributed by atoms with Crippen LogP contribution in [0.2, 0.25) is 5.02 Å². The molecule has 2 aromatic carbocycles. The molecule has 7 nitrogen and oxygen atoms in total. The number of thioether (sulfide) groups is 1. The second kappa shape index (κ2) is 9.92. The van der Waals surface area contributed by atoms with Crippen LogP contribution in [-0.2, 0) is 19.6 Å². The maximum absolute atomic E-state index is 12.4. The van der Waals surface area contributed by atoms with Crippen LogP contribution < -0.4 is 10.9 Å². The van der Waals surface area contributed by atoms with Crippen molar-refractivity contribution in [3.8, 4) is 0 Å². The van der Waals surface area contributed by atoms with E-state index in [-0.39, 0.29) is 10.6 Å². The van der Waals surface area contributed by atoms with Crippen LogP contribution in [0.5, 0.6) is 0 Å². The molecule has 0 radical (unpaired) electrons. The number of rotatable bonds is 7. The molecule has 0 fully saturated rings. The molecule has 0 saturated carbocycles. The summed E-state index contributed by atoms with van der Waals surface area (Å²) in [5.41, 5.74) is 5.40. The number of benzene rings is 2. The van der Waals surface area contributed by atoms with E-state index in [9.17, 15) is 18.0 Å². The number of hydrazine groups is 1. The van der Waals surface area contributed by atoms with Crippen LogP contribution >= 0.6 is 23.4 Å². The summed E-state index contributed by atoms with van der Waals surface area (Å²) in [4.78, 5) is 24.7. The van der Waals surface area contributed by atoms with Gasteiger partial charge < -0.3 is 0 Å². The number of nitrogens with zero attached hydrogens (tertiary/aromatic N) is 1. The number of carbonyl (C=O) groups is 2. The first kappa shape index (κ1) is 22.2. The monoisotopic (exact) mass is 441 g/mol. The number of hydrogen-bond acceptors (Lipinski definition) is 5. The molecule has 0 unspecified atom stereocenters. The Morgan fingerprint density at radius 2 is 1.57 bits per heavy atom. The summed E-state index contributed by atoms with van der Waals surface area (Å²) in [6, 6.07) is 13.3. The Labute approximate surface area is 173 Å². The molecule has 150 valence electrons. The summed E-state index contributed by atoms with van der Waals surface area (Å²) in [7, 11) is -2.50. The van der Waals surface area contributed by atoms with Crippen molar-refractivity contribution in [2.24, 2.45) is 0 Å². The summed E-state index contributed by atoms with van der Waals surface area (Å²) in [5.74, 6) is -0.986. The zero-order valence-corrected chi connectivity index (χ0v) is 17.7. The van der Waals surface area contributed by atoms with Gasteiger partial charge in [-0.05, 0) is 43.3 Å². The van der Waals surface area contributed by atoms with Crippen LogP contribution in [-0.4, -0.2) is 43.9 Å². The molecule has 2 aromatic rings. The number of nitrogens with one attached hydrogen (secondary N) is 2. The third-order valence-electron chi connectivity index (χ3n) is 3.62. The minimum atomic E-state index is -3.79. The highest BCUT2D eigenvalue weighted by atomic mass is 35.5. The fourth-order valence-electron chi connectivity index (χ4n) is 2.07. The third kappa shape index (κ3) is 6.52. The van der Waals surface area contributed by atoms with E-state index < -0.39 is 28.4 Å². The molecule has 0 spiro atoms. The van der Waals surface area contributed by atoms with E-state index in [4.69, 9.17) is 11.6 Å². The van der Waals surface area contributed by atoms with Gasteiger partial charge in [-0.15, -0.1) is 11.8 Å². The smallest absolute Gasteiger partial charge is 0.253 e. The molecule has 0 aliphatic heterocycles. The fourth-order valence-corrected chi connectivity index (χ4v) is 4.02. The molecule has 28 heavy (non-hydrogen) atoms. The topological polar surface area (TPSA) is 95.6 Å². The van der Waals surface area contributed by atoms with Gasteiger partial charge in [-0.1, -0.05) is 29.3 Å². The standard InChI is InChI=1S/C18H20ClN3O4S2/c1-13-3-9-16(10-4-13)28(25,26)22(2)11-17(23)20-21-18(24)12-27-15-7-5-14(19)6-8-15/h3-10H,11-12H2,1-2H3,(H,20,23)(H,21,24). The summed E-state index contributed by atoms with van der Waals surface area (Å²) in [5, 5.41) is 0.603. The van der Waals surface area contributed by atoms with E-state index in [1.54, 1.807) is 36.4 Å². The zero-order valence-electron chi connectivity index (χ0n) is 15.3. The normalized spacial score (nSPS) is 11.3. The number of hydrogen-bond donors (Lipinski definition) is 2. The van der Waals surface area contributed by atoms with Crippen molar-refractivity contribution in [1.29, 1.82) is 0 Å². The van der Waals surface area contributed by atoms with E-state index in [0.29, 0.717) is 5.02 Å². The highest BCUT2D eigenvalue weighted by molar-refractivity contribution is 8.00. The van der Waals surface area contributed by atoms with Crippen LogP contribution in [0.4, 0.5) is 0 Å². The van der Waals surface area contributed by atoms with Crippen molar-refractivity contribution in [3.05, 3.63) is 59.1 Å². The average molecular weight is 442 g/mol. The predicted molar refractivity (Wildman–Crippen MR) is 109 cm³/mol. The summed E-state index contributed by atoms with van der Waals surface area (Å²) in [6.07, 6.45) is 0. The van der Waals surface area contributed by atoms with Gasteiger partial charge in [-0.3, -0.25) is 20.4 Å². The maximum Gasteiger partial charge on any atom is 0.253 e. The van der Waals surface area contributed by atoms with Crippen LogP contribution in [0.25, 0.3) is 0 Å². The Kier molecular flexibility index (Phi) is 7.88. The lowest BCUT2D eigenvalue weighted by Gasteiger charge is -2.17. The fraction of sp³-hybridized carbons (Fsp3) is 0.222. The molecular formula is C18H20ClN3O4S2. The first-order valence-electron chi connectivity index (χ1n) is 8.17. The van der Waals surface area contributed by atoms with Gasteiger partial charge in [-0.2, -0.15) is 4.31 Å². The number of carbonyl (C=O) groups excluding carboxylic acids is 2. The van der Waals surface area contributed by atoms with E-state index in [1.165, 1.54) is 30.9 Å². The Bertz CT molecular complexity index is 932. The molecule has 10 heteroatoms. The molecular weight excluding hydrogens is 422 g/mol. The molecule has 2 amide bonds. The average Bonchev–Trinajstić information content (AvgIpc) is 2.66. The molecule has 0 bridgehead atoms. The predicted octanol–water partition coefficient (Wildman–Crippen LogP) is 2.21. The summed E-state index contributed by atoms with van der Waals surface area (Å²) in [6.45, 7) is 1.42. The lowest BCUT2D eigenvalue weighted by molar-refractivity contribution is -0.127. The minimum absolute atomic E-state index is 0.0828. The molecule has 0 aliphatic carbocycles. The Morgan fingerprint density at radius 3 is 2.18 bits per heavy atom. The van der Waals surface area contributed by atoms with Crippen molar-refractivity contribution < 1.29 is 18.0 Å². The van der Waals surface area contributed by atoms with Gasteiger partial charge in [-0.25, -0.2) is 8.42 Å². The number of halogens is 1. The molecule has 0 heterocycles. The van der Waals surface area contributed by atoms with Gasteiger partial charge in [0.15, 0.2) is 0 Å². The Hall–Kier alpha value is -2.07. The van der Waals surface area contributed by atoms with Crippen molar-refractivity contribution in [3.63, 3.8) is 0 Å². The first-order valence-corrected chi connectivity index (χ1v) is 11.0. The molecule has 2 N–H and O–H groups in total. The van der Waals surface area contributed by atoms with Crippen LogP contribution in [0.15, 0.2) is 58.3 Å². The SMILES string of the molecule is Cc1ccc(S(=O)(=O)N(C)CC(=O)NNC(=O)CSc2ccc(Cl)cc2)cc1. The van der Waals surface area contributed by atoms with E-state index in [0.717, 1.165) is 14.8 Å². The number of likely N-dealkylation sites (N-methyl/N-ethyl adjacent to an activating group) is 1. The van der Waals surface area contributed by atoms with Crippen molar-refractivity contribution >= 4 is 45.2 Å². The molecule has 0 aromatic heterocycles. The van der Waals surface area contributed by atoms with Crippen molar-refractivity contribution in [2.45, 2.75) is 16.7 Å². The Balaban J connectivity index is 1.80. The van der Waals surface area contributed by atoms with Crippen LogP contribution in [0, 0.1) is 6.92 Å². The molecule has 0 saturated heterocycles. The molecule has 0 aliphatic rings. The van der Waals surface area contributed by atoms with Crippen molar-refractivity contribution in [2.75, 3.05) is 19.3 Å². The number of amides is 2. The summed E-state index contributed by atoms with van der Waals surface area (Å²) < 4.78 is 25.8. The minimum Gasteiger partial charge on any atom is -0.272 e. The second-order valence-corrected chi connectivity index (χ2v) is 9.44. The largest absolute Gasteiger partial charge is 0.272 e. The van der Waals surface area contributed by atoms with E-state index in [1.807, 2.05) is 6.92 Å².